The minimum Gasteiger partial charge on any atom is -0.465 e. The van der Waals surface area contributed by atoms with Crippen molar-refractivity contribution in [1.82, 2.24) is 5.32 Å². The highest BCUT2D eigenvalue weighted by Gasteiger charge is 2.23. The molecule has 0 fully saturated rings. The van der Waals surface area contributed by atoms with Crippen LogP contribution in [-0.2, 0) is 19.1 Å². The smallest absolute Gasteiger partial charge is 0.320 e. The van der Waals surface area contributed by atoms with Gasteiger partial charge in [0.2, 0.25) is 0 Å². The summed E-state index contributed by atoms with van der Waals surface area (Å²) in [6.45, 7) is 3.29. The van der Waals surface area contributed by atoms with Gasteiger partial charge in [-0.3, -0.25) is 20.3 Å². The molecule has 1 heterocycles. The summed E-state index contributed by atoms with van der Waals surface area (Å²) < 4.78 is 36.2. The van der Waals surface area contributed by atoms with Gasteiger partial charge in [0, 0.05) is 12.5 Å². The van der Waals surface area contributed by atoms with E-state index in [9.17, 15) is 18.4 Å². The Labute approximate surface area is 171 Å². The standard InChI is InChI=1S/C18H22F2N6O4/c1-3-29-15(27)8-22-9-16(28)30-10(2)6-14-17(18(21)26-24-14)25-23-11-4-5-12(19)13(20)7-11/h4-5,7,10,22-23H,3,6,8-9H2,1-2H3,(H2,21,25,26). The zero-order chi connectivity index (χ0) is 22.1. The molecule has 1 aliphatic rings. The number of nitrogens with one attached hydrogen (secondary N) is 2. The Morgan fingerprint density at radius 3 is 2.63 bits per heavy atom. The van der Waals surface area contributed by atoms with Gasteiger partial charge in [-0.2, -0.15) is 10.2 Å². The first-order chi connectivity index (χ1) is 14.3. The molecule has 12 heteroatoms. The third-order valence-corrected chi connectivity index (χ3v) is 3.67. The molecule has 0 aliphatic carbocycles. The Morgan fingerprint density at radius 1 is 1.20 bits per heavy atom. The molecule has 0 saturated heterocycles. The topological polar surface area (TPSA) is 140 Å². The van der Waals surface area contributed by atoms with E-state index in [4.69, 9.17) is 15.2 Å². The fourth-order valence-electron chi connectivity index (χ4n) is 2.36. The van der Waals surface area contributed by atoms with Gasteiger partial charge in [0.25, 0.3) is 0 Å². The van der Waals surface area contributed by atoms with E-state index in [-0.39, 0.29) is 43.4 Å². The van der Waals surface area contributed by atoms with Gasteiger partial charge >= 0.3 is 11.9 Å². The van der Waals surface area contributed by atoms with Gasteiger partial charge in [-0.15, -0.1) is 5.10 Å². The minimum atomic E-state index is -1.03. The molecule has 4 N–H and O–H groups in total. The summed E-state index contributed by atoms with van der Waals surface area (Å²) in [5, 5.41) is 14.3. The van der Waals surface area contributed by atoms with Gasteiger partial charge in [-0.1, -0.05) is 0 Å². The van der Waals surface area contributed by atoms with Gasteiger partial charge in [0.15, 0.2) is 23.2 Å². The van der Waals surface area contributed by atoms with Crippen LogP contribution in [0.3, 0.4) is 0 Å². The van der Waals surface area contributed by atoms with Crippen molar-refractivity contribution in [3.63, 3.8) is 0 Å². The van der Waals surface area contributed by atoms with Crippen molar-refractivity contribution in [2.75, 3.05) is 25.1 Å². The largest absolute Gasteiger partial charge is 0.465 e. The van der Waals surface area contributed by atoms with Crippen LogP contribution in [-0.4, -0.2) is 55.0 Å². The van der Waals surface area contributed by atoms with Gasteiger partial charge < -0.3 is 15.2 Å². The third kappa shape index (κ3) is 6.88. The fourth-order valence-corrected chi connectivity index (χ4v) is 2.36. The molecule has 0 spiro atoms. The Balaban J connectivity index is 1.86. The van der Waals surface area contributed by atoms with Crippen molar-refractivity contribution in [2.24, 2.45) is 21.0 Å². The number of amidine groups is 1. The van der Waals surface area contributed by atoms with E-state index in [0.29, 0.717) is 5.71 Å². The Hall–Kier alpha value is -3.41. The first kappa shape index (κ1) is 22.9. The molecule has 0 bridgehead atoms. The van der Waals surface area contributed by atoms with Crippen molar-refractivity contribution < 1.29 is 27.8 Å². The number of nitrogens with two attached hydrogens (primary N) is 1. The van der Waals surface area contributed by atoms with Gasteiger partial charge in [-0.05, 0) is 26.0 Å². The second kappa shape index (κ2) is 11.0. The molecule has 0 aromatic heterocycles. The lowest BCUT2D eigenvalue weighted by Gasteiger charge is -2.14. The number of benzene rings is 1. The maximum absolute atomic E-state index is 13.3. The molecule has 30 heavy (non-hydrogen) atoms. The molecule has 1 aliphatic heterocycles. The average molecular weight is 424 g/mol. The SMILES string of the molecule is CCOC(=O)CNCC(=O)OC(C)CC1=NN=C(N)C1=NNc1ccc(F)c(F)c1. The summed E-state index contributed by atoms with van der Waals surface area (Å²) in [5.74, 6) is -3.03. The predicted octanol–water partition coefficient (Wildman–Crippen LogP) is 0.934. The quantitative estimate of drug-likeness (QED) is 0.375. The number of halogens is 2. The maximum atomic E-state index is 13.3. The number of hydrogen-bond donors (Lipinski definition) is 3. The number of anilines is 1. The van der Waals surface area contributed by atoms with Crippen molar-refractivity contribution in [3.8, 4) is 0 Å². The van der Waals surface area contributed by atoms with Crippen molar-refractivity contribution in [2.45, 2.75) is 26.4 Å². The normalized spacial score (nSPS) is 15.4. The van der Waals surface area contributed by atoms with E-state index >= 15 is 0 Å². The molecule has 0 radical (unpaired) electrons. The monoisotopic (exact) mass is 424 g/mol. The maximum Gasteiger partial charge on any atom is 0.320 e. The summed E-state index contributed by atoms with van der Waals surface area (Å²) in [4.78, 5) is 23.1. The molecular weight excluding hydrogens is 402 g/mol. The van der Waals surface area contributed by atoms with E-state index in [0.717, 1.165) is 12.1 Å². The van der Waals surface area contributed by atoms with E-state index in [1.54, 1.807) is 13.8 Å². The first-order valence-corrected chi connectivity index (χ1v) is 9.05. The van der Waals surface area contributed by atoms with Crippen LogP contribution in [0.5, 0.6) is 0 Å². The molecule has 1 aromatic rings. The van der Waals surface area contributed by atoms with Crippen LogP contribution in [0.1, 0.15) is 20.3 Å². The fraction of sp³-hybridized carbons (Fsp3) is 0.389. The second-order valence-electron chi connectivity index (χ2n) is 6.15. The number of carbonyl (C=O) groups is 2. The molecule has 1 unspecified atom stereocenters. The van der Waals surface area contributed by atoms with Gasteiger partial charge in [0.1, 0.15) is 6.10 Å². The van der Waals surface area contributed by atoms with Crippen LogP contribution in [0.25, 0.3) is 0 Å². The van der Waals surface area contributed by atoms with Crippen LogP contribution < -0.4 is 16.5 Å². The number of hydrogen-bond acceptors (Lipinski definition) is 10. The molecular formula is C18H22F2N6O4. The molecule has 1 aromatic carbocycles. The Morgan fingerprint density at radius 2 is 1.93 bits per heavy atom. The highest BCUT2D eigenvalue weighted by Crippen LogP contribution is 2.14. The second-order valence-corrected chi connectivity index (χ2v) is 6.15. The Bertz CT molecular complexity index is 887. The number of carbonyl (C=O) groups excluding carboxylic acids is 2. The summed E-state index contributed by atoms with van der Waals surface area (Å²) >= 11 is 0. The molecule has 2 rings (SSSR count). The third-order valence-electron chi connectivity index (χ3n) is 3.67. The molecule has 10 nitrogen and oxygen atoms in total. The van der Waals surface area contributed by atoms with E-state index in [2.05, 4.69) is 26.0 Å². The lowest BCUT2D eigenvalue weighted by molar-refractivity contribution is -0.147. The zero-order valence-electron chi connectivity index (χ0n) is 16.4. The summed E-state index contributed by atoms with van der Waals surface area (Å²) in [5.41, 5.74) is 9.06. The number of esters is 2. The molecule has 1 atom stereocenters. The van der Waals surface area contributed by atoms with Gasteiger partial charge in [0.05, 0.1) is 31.1 Å². The van der Waals surface area contributed by atoms with Crippen LogP contribution in [0.2, 0.25) is 0 Å². The molecule has 0 saturated carbocycles. The summed E-state index contributed by atoms with van der Waals surface area (Å²) in [6, 6.07) is 3.19. The van der Waals surface area contributed by atoms with Gasteiger partial charge in [-0.25, -0.2) is 8.78 Å². The van der Waals surface area contributed by atoms with Crippen molar-refractivity contribution >= 4 is 34.9 Å². The van der Waals surface area contributed by atoms with E-state index in [1.807, 2.05) is 0 Å². The van der Waals surface area contributed by atoms with Crippen LogP contribution in [0.15, 0.2) is 33.5 Å². The van der Waals surface area contributed by atoms with Crippen LogP contribution >= 0.6 is 0 Å². The highest BCUT2D eigenvalue weighted by molar-refractivity contribution is 6.69. The first-order valence-electron chi connectivity index (χ1n) is 9.05. The number of nitrogens with zero attached hydrogens (tertiary/aromatic N) is 3. The van der Waals surface area contributed by atoms with Crippen LogP contribution in [0, 0.1) is 11.6 Å². The summed E-state index contributed by atoms with van der Waals surface area (Å²) in [6.07, 6.45) is -0.429. The van der Waals surface area contributed by atoms with Crippen LogP contribution in [0.4, 0.5) is 14.5 Å². The predicted molar refractivity (Wildman–Crippen MR) is 106 cm³/mol. The van der Waals surface area contributed by atoms with E-state index < -0.39 is 29.7 Å². The Kier molecular flexibility index (Phi) is 8.35. The molecule has 0 amide bonds. The summed E-state index contributed by atoms with van der Waals surface area (Å²) in [7, 11) is 0. The molecule has 162 valence electrons. The van der Waals surface area contributed by atoms with Crippen molar-refractivity contribution in [3.05, 3.63) is 29.8 Å². The van der Waals surface area contributed by atoms with Crippen molar-refractivity contribution in [1.29, 1.82) is 0 Å². The number of rotatable bonds is 10. The minimum absolute atomic E-state index is 0.0229. The van der Waals surface area contributed by atoms with E-state index in [1.165, 1.54) is 6.07 Å². The number of ether oxygens (including phenoxy) is 2. The lowest BCUT2D eigenvalue weighted by atomic mass is 10.1. The lowest BCUT2D eigenvalue weighted by Crippen LogP contribution is -2.34. The highest BCUT2D eigenvalue weighted by atomic mass is 19.2. The average Bonchev–Trinajstić information content (AvgIpc) is 3.02. The number of hydrazone groups is 1. The zero-order valence-corrected chi connectivity index (χ0v) is 16.4.